The molecule has 1 saturated carbocycles. The van der Waals surface area contributed by atoms with Crippen LogP contribution in [0.1, 0.15) is 24.8 Å². The Balaban J connectivity index is 1.59. The van der Waals surface area contributed by atoms with Crippen molar-refractivity contribution in [2.24, 2.45) is 11.8 Å². The molecule has 0 spiro atoms. The summed E-state index contributed by atoms with van der Waals surface area (Å²) in [6.07, 6.45) is 5.73. The lowest BCUT2D eigenvalue weighted by atomic mass is 9.91. The minimum absolute atomic E-state index is 0.0527. The van der Waals surface area contributed by atoms with Crippen molar-refractivity contribution >= 4 is 30.2 Å². The zero-order chi connectivity index (χ0) is 17.8. The monoisotopic (exact) mass is 376 g/mol. The van der Waals surface area contributed by atoms with Gasteiger partial charge in [0.2, 0.25) is 0 Å². The average Bonchev–Trinajstić information content (AvgIpc) is 3.07. The molecule has 2 aliphatic rings. The average molecular weight is 376 g/mol. The Bertz CT molecular complexity index is 610. The first kappa shape index (κ1) is 19.0. The van der Waals surface area contributed by atoms with E-state index in [2.05, 4.69) is 21.1 Å². The fraction of sp³-hybridized carbons (Fsp3) is 0.500. The molecule has 1 heterocycles. The second-order valence-electron chi connectivity index (χ2n) is 6.69. The highest BCUT2D eigenvalue weighted by Gasteiger charge is 2.49. The maximum absolute atomic E-state index is 11.6. The number of hydrogen-bond acceptors (Lipinski definition) is 4. The first-order chi connectivity index (χ1) is 12.0. The summed E-state index contributed by atoms with van der Waals surface area (Å²) in [7, 11) is 7.24. The summed E-state index contributed by atoms with van der Waals surface area (Å²) in [6, 6.07) is 10.1. The Kier molecular flexibility index (Phi) is 6.69. The van der Waals surface area contributed by atoms with Gasteiger partial charge in [-0.15, -0.1) is 0 Å². The molecule has 7 atom stereocenters. The van der Waals surface area contributed by atoms with E-state index in [1.54, 1.807) is 0 Å². The molecule has 2 fully saturated rings. The van der Waals surface area contributed by atoms with Gasteiger partial charge in [-0.25, -0.2) is 0 Å². The second kappa shape index (κ2) is 8.78. The molecule has 0 amide bonds. The van der Waals surface area contributed by atoms with Gasteiger partial charge in [0.05, 0.1) is 18.6 Å². The molecule has 1 aromatic carbocycles. The number of esters is 1. The van der Waals surface area contributed by atoms with Crippen LogP contribution in [-0.2, 0) is 20.5 Å². The second-order valence-corrected chi connectivity index (χ2v) is 9.15. The number of carbonyl (C=O) groups is 1. The summed E-state index contributed by atoms with van der Waals surface area (Å²) in [6.45, 7) is 0. The Hall–Kier alpha value is -0.725. The minimum Gasteiger partial charge on any atom is -0.462 e. The number of ether oxygens (including phenoxy) is 1. The van der Waals surface area contributed by atoms with Gasteiger partial charge in [0.25, 0.3) is 0 Å². The summed E-state index contributed by atoms with van der Waals surface area (Å²) in [5.41, 5.74) is 1.21. The summed E-state index contributed by atoms with van der Waals surface area (Å²) >= 11 is 0. The summed E-state index contributed by atoms with van der Waals surface area (Å²) in [4.78, 5) is 11.6. The van der Waals surface area contributed by atoms with E-state index in [1.807, 2.05) is 30.4 Å². The standard InChI is InChI=1S/C18H23BO4P2/c19-25(24)23-17-11-16-15(10-18(21)22-16)14(17)9-8-13(20)7-6-12-4-2-1-3-5-12/h1-5,8-9,13-17,20H,6-7,10-11,24H2/t13-,14+,15+,16?,17+,25?/m0/s1. The van der Waals surface area contributed by atoms with Gasteiger partial charge >= 0.3 is 5.97 Å². The molecule has 0 bridgehead atoms. The van der Waals surface area contributed by atoms with Crippen molar-refractivity contribution in [2.75, 3.05) is 0 Å². The van der Waals surface area contributed by atoms with Crippen molar-refractivity contribution in [1.29, 1.82) is 0 Å². The molecule has 25 heavy (non-hydrogen) atoms. The van der Waals surface area contributed by atoms with E-state index >= 15 is 0 Å². The van der Waals surface area contributed by atoms with Crippen LogP contribution in [0, 0.1) is 11.8 Å². The third-order valence-electron chi connectivity index (χ3n) is 4.94. The maximum Gasteiger partial charge on any atom is 0.306 e. The number of aliphatic hydroxyl groups excluding tert-OH is 1. The Morgan fingerprint density at radius 2 is 2.20 bits per heavy atom. The molecule has 1 aliphatic carbocycles. The molecule has 7 heteroatoms. The first-order valence-corrected chi connectivity index (χ1v) is 11.5. The van der Waals surface area contributed by atoms with Gasteiger partial charge in [0.1, 0.15) is 6.10 Å². The molecule has 1 aliphatic heterocycles. The lowest BCUT2D eigenvalue weighted by Crippen LogP contribution is -2.20. The van der Waals surface area contributed by atoms with Crippen molar-refractivity contribution in [3.63, 3.8) is 0 Å². The molecular weight excluding hydrogens is 353 g/mol. The van der Waals surface area contributed by atoms with Crippen LogP contribution in [0.5, 0.6) is 0 Å². The van der Waals surface area contributed by atoms with Crippen molar-refractivity contribution < 1.29 is 19.2 Å². The highest BCUT2D eigenvalue weighted by Crippen LogP contribution is 2.50. The van der Waals surface area contributed by atoms with E-state index in [0.29, 0.717) is 19.3 Å². The van der Waals surface area contributed by atoms with Crippen molar-refractivity contribution in [3.8, 4) is 0 Å². The number of benzene rings is 1. The predicted octanol–water partition coefficient (Wildman–Crippen LogP) is 3.14. The van der Waals surface area contributed by atoms with Crippen LogP contribution in [0.15, 0.2) is 42.5 Å². The number of fused-ring (bicyclic) bond motifs is 1. The Morgan fingerprint density at radius 3 is 2.92 bits per heavy atom. The Labute approximate surface area is 153 Å². The lowest BCUT2D eigenvalue weighted by Gasteiger charge is -2.22. The largest absolute Gasteiger partial charge is 0.462 e. The summed E-state index contributed by atoms with van der Waals surface area (Å²) < 4.78 is 11.2. The van der Waals surface area contributed by atoms with Crippen LogP contribution in [0.25, 0.3) is 0 Å². The number of hydrogen-bond donors (Lipinski definition) is 1. The van der Waals surface area contributed by atoms with Crippen LogP contribution < -0.4 is 0 Å². The third kappa shape index (κ3) is 5.14. The summed E-state index contributed by atoms with van der Waals surface area (Å²) in [5, 5.41) is 10.3. The molecule has 2 radical (unpaired) electrons. The van der Waals surface area contributed by atoms with Crippen LogP contribution >= 0.6 is 16.6 Å². The topological polar surface area (TPSA) is 55.8 Å². The Morgan fingerprint density at radius 1 is 1.44 bits per heavy atom. The van der Waals surface area contributed by atoms with Crippen molar-refractivity contribution in [1.82, 2.24) is 0 Å². The molecule has 0 aromatic heterocycles. The van der Waals surface area contributed by atoms with E-state index in [1.165, 1.54) is 5.56 Å². The third-order valence-corrected chi connectivity index (χ3v) is 5.81. The quantitative estimate of drug-likeness (QED) is 0.344. The predicted molar refractivity (Wildman–Crippen MR) is 103 cm³/mol. The number of aliphatic hydroxyl groups is 1. The van der Waals surface area contributed by atoms with Gasteiger partial charge in [-0.2, -0.15) is 0 Å². The molecule has 4 nitrogen and oxygen atoms in total. The van der Waals surface area contributed by atoms with Crippen molar-refractivity contribution in [3.05, 3.63) is 48.0 Å². The van der Waals surface area contributed by atoms with Crippen molar-refractivity contribution in [2.45, 2.75) is 44.0 Å². The van der Waals surface area contributed by atoms with E-state index in [9.17, 15) is 9.90 Å². The van der Waals surface area contributed by atoms with Gasteiger partial charge in [0, 0.05) is 18.3 Å². The lowest BCUT2D eigenvalue weighted by molar-refractivity contribution is -0.141. The van der Waals surface area contributed by atoms with Gasteiger partial charge < -0.3 is 14.4 Å². The number of aryl methyl sites for hydroxylation is 1. The fourth-order valence-corrected chi connectivity index (χ4v) is 4.75. The van der Waals surface area contributed by atoms with Gasteiger partial charge in [0.15, 0.2) is 7.57 Å². The SMILES string of the molecule is [B]P(P)O[C@@H]1CC2OC(=O)C[C@@H]2[C@H]1C=C[C@@H](O)CCc1ccccc1. The minimum atomic E-state index is -1.05. The maximum atomic E-state index is 11.6. The number of carbonyl (C=O) groups excluding carboxylic acids is 1. The first-order valence-electron chi connectivity index (χ1n) is 8.59. The van der Waals surface area contributed by atoms with Crippen LogP contribution in [0.4, 0.5) is 0 Å². The van der Waals surface area contributed by atoms with E-state index in [4.69, 9.17) is 16.8 Å². The normalized spacial score (nSPS) is 31.0. The molecule has 1 aromatic rings. The fourth-order valence-electron chi connectivity index (χ4n) is 3.75. The zero-order valence-corrected chi connectivity index (χ0v) is 16.1. The molecule has 1 saturated heterocycles. The molecule has 3 rings (SSSR count). The van der Waals surface area contributed by atoms with Gasteiger partial charge in [-0.05, 0) is 26.1 Å². The molecule has 3 unspecified atom stereocenters. The van der Waals surface area contributed by atoms with Crippen LogP contribution in [0.2, 0.25) is 0 Å². The number of rotatable bonds is 7. The van der Waals surface area contributed by atoms with Gasteiger partial charge in [-0.1, -0.05) is 51.4 Å². The smallest absolute Gasteiger partial charge is 0.306 e. The molecular formula is C18H23BO4P2. The van der Waals surface area contributed by atoms with E-state index in [-0.39, 0.29) is 30.0 Å². The van der Waals surface area contributed by atoms with E-state index < -0.39 is 13.8 Å². The molecule has 1 N–H and O–H groups in total. The highest BCUT2D eigenvalue weighted by atomic mass is 32.0. The zero-order valence-electron chi connectivity index (χ0n) is 14.0. The van der Waals surface area contributed by atoms with Gasteiger partial charge in [-0.3, -0.25) is 4.79 Å². The summed E-state index contributed by atoms with van der Waals surface area (Å²) in [5.74, 6) is 0.0318. The molecule has 132 valence electrons. The highest BCUT2D eigenvalue weighted by molar-refractivity contribution is 8.23. The van der Waals surface area contributed by atoms with Crippen LogP contribution in [-0.4, -0.2) is 37.0 Å². The van der Waals surface area contributed by atoms with E-state index in [0.717, 1.165) is 6.42 Å². The van der Waals surface area contributed by atoms with Crippen LogP contribution in [0.3, 0.4) is 0 Å².